The molecule has 7 unspecified atom stereocenters. The van der Waals surface area contributed by atoms with Gasteiger partial charge in [-0.2, -0.15) is 0 Å². The van der Waals surface area contributed by atoms with Gasteiger partial charge in [-0.05, 0) is 97.7 Å². The highest BCUT2D eigenvalue weighted by molar-refractivity contribution is 7.80. The van der Waals surface area contributed by atoms with E-state index in [1.54, 1.807) is 13.0 Å². The fourth-order valence-electron chi connectivity index (χ4n) is 7.40. The molecular formula is C41H57FN2OS2. The number of hydrogen-bond donors (Lipinski definition) is 4. The third-order valence-corrected chi connectivity index (χ3v) is 11.2. The molecule has 0 amide bonds. The molecule has 2 N–H and O–H groups in total. The van der Waals surface area contributed by atoms with Gasteiger partial charge in [0.2, 0.25) is 0 Å². The number of allylic oxidation sites excluding steroid dienone is 1. The molecule has 0 saturated heterocycles. The smallest absolute Gasteiger partial charge is 0.144 e. The van der Waals surface area contributed by atoms with Gasteiger partial charge in [-0.15, -0.1) is 19.2 Å². The maximum atomic E-state index is 14.3. The first-order valence-electron chi connectivity index (χ1n) is 17.6. The number of aryl methyl sites for hydroxylation is 1. The summed E-state index contributed by atoms with van der Waals surface area (Å²) in [5.74, 6) is 1.69. The van der Waals surface area contributed by atoms with E-state index in [2.05, 4.69) is 121 Å². The number of hydrogen-bond acceptors (Lipinski definition) is 5. The lowest BCUT2D eigenvalue weighted by molar-refractivity contribution is 0.277. The molecule has 2 heterocycles. The average molecular weight is 677 g/mol. The molecule has 3 nitrogen and oxygen atoms in total. The van der Waals surface area contributed by atoms with Crippen LogP contribution in [0.2, 0.25) is 0 Å². The van der Waals surface area contributed by atoms with Gasteiger partial charge >= 0.3 is 0 Å². The van der Waals surface area contributed by atoms with Crippen molar-refractivity contribution in [1.82, 2.24) is 10.6 Å². The van der Waals surface area contributed by atoms with Gasteiger partial charge in [0.25, 0.3) is 0 Å². The van der Waals surface area contributed by atoms with Crippen LogP contribution in [0.3, 0.4) is 0 Å². The van der Waals surface area contributed by atoms with Crippen molar-refractivity contribution in [3.8, 4) is 5.75 Å². The highest BCUT2D eigenvalue weighted by atomic mass is 32.1. The minimum absolute atomic E-state index is 0.296. The van der Waals surface area contributed by atoms with Crippen LogP contribution in [0.5, 0.6) is 5.75 Å². The standard InChI is InChI=1S/C41H57FN2OS2/c1-10-29-23-43-27(8)28(9)44-40(24(4)5)38(12-3)32-15-16-33(39(46)22-32)19-36-21-34(29)20-35(41(36)45-47)18-30-13-14-31(17-25(30)6)37(11-2)26(7)42/h11,13-17,20-22,24,26-29,37-38,40,43-44,46-47H,2,10,12,18-19,23H2,1,3-9H3. The molecule has 6 heteroatoms. The van der Waals surface area contributed by atoms with Crippen LogP contribution in [0.25, 0.3) is 0 Å². The first-order valence-corrected chi connectivity index (χ1v) is 18.4. The van der Waals surface area contributed by atoms with E-state index in [4.69, 9.17) is 16.8 Å². The Hall–Kier alpha value is -2.25. The highest BCUT2D eigenvalue weighted by Crippen LogP contribution is 2.37. The second kappa shape index (κ2) is 16.9. The Bertz CT molecular complexity index is 1510. The Morgan fingerprint density at radius 1 is 0.957 bits per heavy atom. The molecule has 0 aromatic heterocycles. The summed E-state index contributed by atoms with van der Waals surface area (Å²) in [5, 5.41) is 7.93. The second-order valence-corrected chi connectivity index (χ2v) is 14.8. The molecule has 256 valence electrons. The Labute approximate surface area is 295 Å². The average Bonchev–Trinajstić information content (AvgIpc) is 3.03. The minimum Gasteiger partial charge on any atom is -0.428 e. The number of alkyl halides is 1. The molecule has 3 aromatic rings. The molecule has 2 aliphatic rings. The number of fused-ring (bicyclic) bond motifs is 9. The lowest BCUT2D eigenvalue weighted by Crippen LogP contribution is -2.52. The van der Waals surface area contributed by atoms with Gasteiger partial charge in [0.15, 0.2) is 0 Å². The van der Waals surface area contributed by atoms with Gasteiger partial charge in [0.05, 0.1) is 0 Å². The van der Waals surface area contributed by atoms with Crippen LogP contribution in [0, 0.1) is 12.8 Å². The third kappa shape index (κ3) is 8.86. The van der Waals surface area contributed by atoms with E-state index in [9.17, 15) is 4.39 Å². The number of benzene rings is 3. The lowest BCUT2D eigenvalue weighted by atomic mass is 9.82. The van der Waals surface area contributed by atoms with Crippen LogP contribution in [0.15, 0.2) is 66.1 Å². The zero-order valence-corrected chi connectivity index (χ0v) is 31.5. The van der Waals surface area contributed by atoms with Gasteiger partial charge in [0.1, 0.15) is 11.9 Å². The first-order chi connectivity index (χ1) is 22.4. The van der Waals surface area contributed by atoms with Gasteiger partial charge in [-0.3, -0.25) is 0 Å². The zero-order chi connectivity index (χ0) is 34.4. The van der Waals surface area contributed by atoms with Crippen molar-refractivity contribution < 1.29 is 8.57 Å². The molecular weight excluding hydrogens is 620 g/mol. The second-order valence-electron chi connectivity index (χ2n) is 14.2. The molecule has 0 aliphatic carbocycles. The third-order valence-electron chi connectivity index (χ3n) is 10.6. The first kappa shape index (κ1) is 37.6. The summed E-state index contributed by atoms with van der Waals surface area (Å²) >= 11 is 9.47. The normalized spacial score (nSPS) is 23.4. The molecule has 47 heavy (non-hydrogen) atoms. The van der Waals surface area contributed by atoms with E-state index < -0.39 is 6.17 Å². The van der Waals surface area contributed by atoms with Crippen molar-refractivity contribution in [1.29, 1.82) is 0 Å². The van der Waals surface area contributed by atoms with Crippen LogP contribution in [-0.2, 0) is 12.8 Å². The fourth-order valence-corrected chi connectivity index (χ4v) is 7.94. The molecule has 0 radical (unpaired) electrons. The number of thiol groups is 2. The lowest BCUT2D eigenvalue weighted by Gasteiger charge is -2.36. The highest BCUT2D eigenvalue weighted by Gasteiger charge is 2.29. The molecule has 4 bridgehead atoms. The Morgan fingerprint density at radius 2 is 1.70 bits per heavy atom. The molecule has 0 spiro atoms. The van der Waals surface area contributed by atoms with Crippen LogP contribution in [0.1, 0.15) is 124 Å². The Kier molecular flexibility index (Phi) is 13.5. The van der Waals surface area contributed by atoms with Crippen molar-refractivity contribution in [2.24, 2.45) is 5.92 Å². The largest absolute Gasteiger partial charge is 0.428 e. The Morgan fingerprint density at radius 3 is 2.28 bits per heavy atom. The Balaban J connectivity index is 1.84. The predicted molar refractivity (Wildman–Crippen MR) is 205 cm³/mol. The van der Waals surface area contributed by atoms with Gasteiger partial charge in [0, 0.05) is 72.4 Å². The predicted octanol–water partition coefficient (Wildman–Crippen LogP) is 10.3. The van der Waals surface area contributed by atoms with Crippen molar-refractivity contribution in [2.75, 3.05) is 6.54 Å². The zero-order valence-electron chi connectivity index (χ0n) is 29.7. The van der Waals surface area contributed by atoms with E-state index in [-0.39, 0.29) is 5.92 Å². The van der Waals surface area contributed by atoms with Crippen LogP contribution in [0.4, 0.5) is 4.39 Å². The summed E-state index contributed by atoms with van der Waals surface area (Å²) in [6.07, 6.45) is 4.16. The SMILES string of the molecule is C=CC(c1ccc(Cc2cc3cc(c2OS)Cc2ccc(cc2S)C(CC)C(C(C)C)NC(C)C(C)NCC3CC)c(C)c1)C(C)F. The van der Waals surface area contributed by atoms with Gasteiger partial charge < -0.3 is 14.8 Å². The summed E-state index contributed by atoms with van der Waals surface area (Å²) in [6, 6.07) is 18.7. The monoisotopic (exact) mass is 676 g/mol. The molecule has 5 rings (SSSR count). The van der Waals surface area contributed by atoms with Crippen LogP contribution >= 0.6 is 25.5 Å². The van der Waals surface area contributed by atoms with E-state index >= 15 is 0 Å². The van der Waals surface area contributed by atoms with Gasteiger partial charge in [-0.1, -0.05) is 76.2 Å². The summed E-state index contributed by atoms with van der Waals surface area (Å²) in [6.45, 7) is 22.3. The number of rotatable bonds is 9. The summed E-state index contributed by atoms with van der Waals surface area (Å²) in [7, 11) is 0. The number of halogens is 1. The molecule has 0 fully saturated rings. The summed E-state index contributed by atoms with van der Waals surface area (Å²) < 4.78 is 20.2. The van der Waals surface area contributed by atoms with E-state index in [0.717, 1.165) is 52.3 Å². The maximum absolute atomic E-state index is 14.3. The topological polar surface area (TPSA) is 33.3 Å². The van der Waals surface area contributed by atoms with Crippen LogP contribution < -0.4 is 14.8 Å². The number of nitrogens with one attached hydrogen (secondary N) is 2. The maximum Gasteiger partial charge on any atom is 0.144 e. The van der Waals surface area contributed by atoms with Crippen molar-refractivity contribution in [2.45, 2.75) is 128 Å². The van der Waals surface area contributed by atoms with Crippen molar-refractivity contribution in [3.05, 3.63) is 106 Å². The molecule has 3 aromatic carbocycles. The van der Waals surface area contributed by atoms with E-state index in [1.165, 1.54) is 22.3 Å². The van der Waals surface area contributed by atoms with Crippen molar-refractivity contribution >= 4 is 25.5 Å². The summed E-state index contributed by atoms with van der Waals surface area (Å²) in [4.78, 5) is 1.01. The molecule has 2 aliphatic heterocycles. The van der Waals surface area contributed by atoms with E-state index in [0.29, 0.717) is 48.7 Å². The quantitative estimate of drug-likeness (QED) is 0.103. The molecule has 7 atom stereocenters. The minimum atomic E-state index is -0.994. The van der Waals surface area contributed by atoms with E-state index in [1.807, 2.05) is 6.07 Å². The van der Waals surface area contributed by atoms with Crippen LogP contribution in [-0.4, -0.2) is 30.8 Å². The molecule has 0 saturated carbocycles. The fraction of sp³-hybridized carbons (Fsp3) is 0.512. The van der Waals surface area contributed by atoms with Gasteiger partial charge in [-0.25, -0.2) is 4.39 Å². The van der Waals surface area contributed by atoms with Crippen molar-refractivity contribution in [3.63, 3.8) is 0 Å². The summed E-state index contributed by atoms with van der Waals surface area (Å²) in [5.41, 5.74) is 9.29.